The molecule has 1 atom stereocenters. The molecule has 1 aromatic rings. The second-order valence-electron chi connectivity index (χ2n) is 3.77. The smallest absolute Gasteiger partial charge is 0.124 e. The summed E-state index contributed by atoms with van der Waals surface area (Å²) in [6.45, 7) is 2.75. The molecule has 0 spiro atoms. The highest BCUT2D eigenvalue weighted by Gasteiger charge is 2.05. The molecule has 4 heteroatoms. The van der Waals surface area contributed by atoms with Crippen LogP contribution in [0.4, 0.5) is 4.39 Å². The van der Waals surface area contributed by atoms with Crippen LogP contribution in [-0.2, 0) is 5.75 Å². The lowest BCUT2D eigenvalue weighted by Crippen LogP contribution is -2.12. The first kappa shape index (κ1) is 13.0. The van der Waals surface area contributed by atoms with Crippen molar-refractivity contribution in [2.75, 3.05) is 12.3 Å². The fourth-order valence-corrected chi connectivity index (χ4v) is 2.34. The van der Waals surface area contributed by atoms with E-state index in [0.717, 1.165) is 17.1 Å². The minimum Gasteiger partial charge on any atom is -0.330 e. The van der Waals surface area contributed by atoms with Crippen molar-refractivity contribution in [1.82, 2.24) is 0 Å². The Balaban J connectivity index is 2.57. The van der Waals surface area contributed by atoms with Crippen molar-refractivity contribution in [2.24, 2.45) is 11.7 Å². The molecule has 1 unspecified atom stereocenters. The number of nitrogens with zero attached hydrogens (tertiary/aromatic N) is 1. The molecule has 0 amide bonds. The van der Waals surface area contributed by atoms with Gasteiger partial charge in [-0.15, -0.1) is 0 Å². The Morgan fingerprint density at radius 1 is 1.56 bits per heavy atom. The first-order valence-electron chi connectivity index (χ1n) is 5.13. The predicted octanol–water partition coefficient (Wildman–Crippen LogP) is 2.53. The molecule has 1 rings (SSSR count). The van der Waals surface area contributed by atoms with Crippen LogP contribution in [0, 0.1) is 23.1 Å². The van der Waals surface area contributed by atoms with Crippen molar-refractivity contribution >= 4 is 11.8 Å². The standard InChI is InChI=1S/C12H15FN2S/c1-9(5-14)7-16-8-10-2-3-12(13)4-11(10)6-15/h2-4,9H,5,7-8,14H2,1H3. The molecule has 0 radical (unpaired) electrons. The van der Waals surface area contributed by atoms with Gasteiger partial charge in [0.2, 0.25) is 0 Å². The SMILES string of the molecule is CC(CN)CSCc1ccc(F)cc1C#N. The Labute approximate surface area is 99.6 Å². The first-order valence-corrected chi connectivity index (χ1v) is 6.29. The van der Waals surface area contributed by atoms with E-state index in [4.69, 9.17) is 11.0 Å². The minimum absolute atomic E-state index is 0.361. The summed E-state index contributed by atoms with van der Waals surface area (Å²) in [4.78, 5) is 0. The van der Waals surface area contributed by atoms with Gasteiger partial charge in [0.05, 0.1) is 11.6 Å². The molecule has 0 aromatic heterocycles. The van der Waals surface area contributed by atoms with Crippen LogP contribution in [0.1, 0.15) is 18.1 Å². The third-order valence-electron chi connectivity index (χ3n) is 2.25. The lowest BCUT2D eigenvalue weighted by molar-refractivity contribution is 0.627. The van der Waals surface area contributed by atoms with Gasteiger partial charge in [-0.1, -0.05) is 13.0 Å². The summed E-state index contributed by atoms with van der Waals surface area (Å²) in [5.74, 6) is 1.79. The highest BCUT2D eigenvalue weighted by atomic mass is 32.2. The van der Waals surface area contributed by atoms with Crippen LogP contribution in [0.2, 0.25) is 0 Å². The van der Waals surface area contributed by atoms with Gasteiger partial charge in [-0.25, -0.2) is 4.39 Å². The van der Waals surface area contributed by atoms with E-state index in [9.17, 15) is 4.39 Å². The highest BCUT2D eigenvalue weighted by Crippen LogP contribution is 2.19. The monoisotopic (exact) mass is 238 g/mol. The van der Waals surface area contributed by atoms with Gasteiger partial charge in [-0.3, -0.25) is 0 Å². The van der Waals surface area contributed by atoms with E-state index in [-0.39, 0.29) is 5.82 Å². The van der Waals surface area contributed by atoms with Crippen LogP contribution in [0.15, 0.2) is 18.2 Å². The van der Waals surface area contributed by atoms with E-state index in [1.54, 1.807) is 17.8 Å². The zero-order valence-electron chi connectivity index (χ0n) is 9.24. The zero-order valence-corrected chi connectivity index (χ0v) is 10.1. The van der Waals surface area contributed by atoms with E-state index in [1.807, 2.05) is 6.07 Å². The molecule has 86 valence electrons. The Morgan fingerprint density at radius 2 is 2.31 bits per heavy atom. The lowest BCUT2D eigenvalue weighted by atomic mass is 10.1. The van der Waals surface area contributed by atoms with Crippen molar-refractivity contribution in [3.63, 3.8) is 0 Å². The van der Waals surface area contributed by atoms with Crippen molar-refractivity contribution in [3.05, 3.63) is 35.1 Å². The number of halogens is 1. The zero-order chi connectivity index (χ0) is 12.0. The molecule has 2 nitrogen and oxygen atoms in total. The third kappa shape index (κ3) is 3.84. The maximum Gasteiger partial charge on any atom is 0.124 e. The second kappa shape index (κ2) is 6.51. The molecular weight excluding hydrogens is 223 g/mol. The van der Waals surface area contributed by atoms with Crippen LogP contribution in [0.3, 0.4) is 0 Å². The molecule has 0 aliphatic rings. The van der Waals surface area contributed by atoms with Crippen LogP contribution < -0.4 is 5.73 Å². The van der Waals surface area contributed by atoms with Gasteiger partial charge in [0.25, 0.3) is 0 Å². The van der Waals surface area contributed by atoms with E-state index >= 15 is 0 Å². The van der Waals surface area contributed by atoms with Gasteiger partial charge in [0.1, 0.15) is 5.82 Å². The molecule has 2 N–H and O–H groups in total. The van der Waals surface area contributed by atoms with Gasteiger partial charge in [0, 0.05) is 5.75 Å². The van der Waals surface area contributed by atoms with Crippen LogP contribution in [-0.4, -0.2) is 12.3 Å². The molecule has 0 fully saturated rings. The van der Waals surface area contributed by atoms with Crippen molar-refractivity contribution in [2.45, 2.75) is 12.7 Å². The van der Waals surface area contributed by atoms with Crippen LogP contribution in [0.5, 0.6) is 0 Å². The predicted molar refractivity (Wildman–Crippen MR) is 65.5 cm³/mol. The van der Waals surface area contributed by atoms with Crippen molar-refractivity contribution in [3.8, 4) is 6.07 Å². The number of nitriles is 1. The van der Waals surface area contributed by atoms with Crippen LogP contribution in [0.25, 0.3) is 0 Å². The lowest BCUT2D eigenvalue weighted by Gasteiger charge is -2.08. The Kier molecular flexibility index (Phi) is 5.30. The summed E-state index contributed by atoms with van der Waals surface area (Å²) in [6.07, 6.45) is 0. The van der Waals surface area contributed by atoms with Gasteiger partial charge in [-0.05, 0) is 35.9 Å². The van der Waals surface area contributed by atoms with Crippen LogP contribution >= 0.6 is 11.8 Å². The maximum atomic E-state index is 12.9. The van der Waals surface area contributed by atoms with E-state index in [2.05, 4.69) is 6.92 Å². The van der Waals surface area contributed by atoms with E-state index in [1.165, 1.54) is 12.1 Å². The van der Waals surface area contributed by atoms with Gasteiger partial charge in [0.15, 0.2) is 0 Å². The van der Waals surface area contributed by atoms with Gasteiger partial charge < -0.3 is 5.73 Å². The van der Waals surface area contributed by atoms with E-state index in [0.29, 0.717) is 18.0 Å². The average molecular weight is 238 g/mol. The summed E-state index contributed by atoms with van der Waals surface area (Å²) < 4.78 is 12.9. The number of benzene rings is 1. The number of hydrogen-bond donors (Lipinski definition) is 1. The van der Waals surface area contributed by atoms with E-state index < -0.39 is 0 Å². The number of hydrogen-bond acceptors (Lipinski definition) is 3. The van der Waals surface area contributed by atoms with Crippen molar-refractivity contribution < 1.29 is 4.39 Å². The molecule has 0 saturated carbocycles. The molecule has 0 bridgehead atoms. The fraction of sp³-hybridized carbons (Fsp3) is 0.417. The first-order chi connectivity index (χ1) is 7.67. The molecular formula is C12H15FN2S. The number of thioether (sulfide) groups is 1. The quantitative estimate of drug-likeness (QED) is 0.857. The van der Waals surface area contributed by atoms with Gasteiger partial charge in [-0.2, -0.15) is 17.0 Å². The molecule has 16 heavy (non-hydrogen) atoms. The molecule has 0 heterocycles. The largest absolute Gasteiger partial charge is 0.330 e. The topological polar surface area (TPSA) is 49.8 Å². The average Bonchev–Trinajstić information content (AvgIpc) is 2.30. The molecule has 0 saturated heterocycles. The summed E-state index contributed by atoms with van der Waals surface area (Å²) in [7, 11) is 0. The highest BCUT2D eigenvalue weighted by molar-refractivity contribution is 7.98. The minimum atomic E-state index is -0.361. The molecule has 0 aliphatic heterocycles. The molecule has 1 aromatic carbocycles. The summed E-state index contributed by atoms with van der Waals surface area (Å²) >= 11 is 1.72. The number of nitrogens with two attached hydrogens (primary N) is 1. The summed E-state index contributed by atoms with van der Waals surface area (Å²) in [5, 5.41) is 8.85. The Morgan fingerprint density at radius 3 is 2.94 bits per heavy atom. The summed E-state index contributed by atoms with van der Waals surface area (Å²) in [6, 6.07) is 6.36. The normalized spacial score (nSPS) is 12.1. The second-order valence-corrected chi connectivity index (χ2v) is 4.80. The maximum absolute atomic E-state index is 12.9. The molecule has 0 aliphatic carbocycles. The summed E-state index contributed by atoms with van der Waals surface area (Å²) in [5.41, 5.74) is 6.82. The van der Waals surface area contributed by atoms with Crippen molar-refractivity contribution in [1.29, 1.82) is 5.26 Å². The Hall–Kier alpha value is -1.05. The third-order valence-corrected chi connectivity index (χ3v) is 3.57. The van der Waals surface area contributed by atoms with Gasteiger partial charge >= 0.3 is 0 Å². The number of rotatable bonds is 5. The fourth-order valence-electron chi connectivity index (χ4n) is 1.22. The Bertz CT molecular complexity index is 387.